The van der Waals surface area contributed by atoms with Gasteiger partial charge in [-0.05, 0) is 24.3 Å². The van der Waals surface area contributed by atoms with Crippen LogP contribution >= 0.6 is 11.6 Å². The van der Waals surface area contributed by atoms with Crippen molar-refractivity contribution in [1.82, 2.24) is 0 Å². The van der Waals surface area contributed by atoms with Crippen molar-refractivity contribution in [3.05, 3.63) is 29.3 Å². The molecular formula is C9H8ClN3O. The Morgan fingerprint density at radius 2 is 2.00 bits per heavy atom. The lowest BCUT2D eigenvalue weighted by Crippen LogP contribution is -2.04. The number of halogens is 1. The van der Waals surface area contributed by atoms with Gasteiger partial charge in [-0.2, -0.15) is 5.10 Å². The van der Waals surface area contributed by atoms with Gasteiger partial charge in [-0.1, -0.05) is 11.6 Å². The van der Waals surface area contributed by atoms with E-state index in [0.29, 0.717) is 17.0 Å². The van der Waals surface area contributed by atoms with Crippen molar-refractivity contribution in [1.29, 1.82) is 0 Å². The second-order valence-electron chi connectivity index (χ2n) is 2.41. The number of carbonyl (C=O) groups excluding carboxylic acids is 1. The summed E-state index contributed by atoms with van der Waals surface area (Å²) >= 11 is 5.68. The standard InChI is InChI=1S/C9H8ClN3O/c10-7-1-3-8(4-2-7)12-5-9(6-14)13-11/h1-6H,11H2. The fourth-order valence-electron chi connectivity index (χ4n) is 0.762. The molecule has 0 heterocycles. The summed E-state index contributed by atoms with van der Waals surface area (Å²) in [5.74, 6) is 4.92. The minimum absolute atomic E-state index is 0.0833. The van der Waals surface area contributed by atoms with E-state index in [9.17, 15) is 4.79 Å². The first-order valence-corrected chi connectivity index (χ1v) is 4.16. The van der Waals surface area contributed by atoms with Gasteiger partial charge in [0.15, 0.2) is 6.29 Å². The molecule has 0 bridgehead atoms. The number of nitrogens with two attached hydrogens (primary N) is 1. The summed E-state index contributed by atoms with van der Waals surface area (Å²) in [5.41, 5.74) is 0.761. The normalized spacial score (nSPS) is 11.9. The number of nitrogens with zero attached hydrogens (tertiary/aromatic N) is 2. The average molecular weight is 210 g/mol. The van der Waals surface area contributed by atoms with E-state index in [2.05, 4.69) is 10.1 Å². The van der Waals surface area contributed by atoms with Crippen LogP contribution < -0.4 is 5.84 Å². The van der Waals surface area contributed by atoms with Crippen molar-refractivity contribution in [2.75, 3.05) is 0 Å². The molecular weight excluding hydrogens is 202 g/mol. The third-order valence-electron chi connectivity index (χ3n) is 1.44. The first kappa shape index (κ1) is 10.4. The highest BCUT2D eigenvalue weighted by Gasteiger charge is 1.91. The lowest BCUT2D eigenvalue weighted by Gasteiger charge is -1.92. The number of aliphatic imine (C=N–C) groups is 1. The molecule has 0 aliphatic heterocycles. The third-order valence-corrected chi connectivity index (χ3v) is 1.69. The van der Waals surface area contributed by atoms with E-state index < -0.39 is 0 Å². The Kier molecular flexibility index (Phi) is 3.82. The fourth-order valence-corrected chi connectivity index (χ4v) is 0.888. The maximum absolute atomic E-state index is 10.3. The van der Waals surface area contributed by atoms with Gasteiger partial charge in [0.1, 0.15) is 5.71 Å². The monoisotopic (exact) mass is 209 g/mol. The molecule has 0 saturated carbocycles. The number of rotatable bonds is 3. The molecule has 1 aromatic carbocycles. The van der Waals surface area contributed by atoms with Gasteiger partial charge in [-0.25, -0.2) is 0 Å². The number of hydrazone groups is 1. The van der Waals surface area contributed by atoms with Crippen molar-refractivity contribution >= 4 is 35.5 Å². The summed E-state index contributed by atoms with van der Waals surface area (Å²) in [5, 5.41) is 3.84. The summed E-state index contributed by atoms with van der Waals surface area (Å²) < 4.78 is 0. The maximum Gasteiger partial charge on any atom is 0.171 e. The van der Waals surface area contributed by atoms with Crippen LogP contribution in [0.4, 0.5) is 5.69 Å². The third kappa shape index (κ3) is 2.99. The van der Waals surface area contributed by atoms with Gasteiger partial charge in [-0.3, -0.25) is 9.79 Å². The van der Waals surface area contributed by atoms with Gasteiger partial charge in [0.05, 0.1) is 11.9 Å². The van der Waals surface area contributed by atoms with Gasteiger partial charge in [0, 0.05) is 5.02 Å². The predicted octanol–water partition coefficient (Wildman–Crippen LogP) is 1.56. The van der Waals surface area contributed by atoms with Crippen LogP contribution in [0.15, 0.2) is 34.4 Å². The van der Waals surface area contributed by atoms with E-state index in [1.54, 1.807) is 24.3 Å². The molecule has 2 N–H and O–H groups in total. The highest BCUT2D eigenvalue weighted by molar-refractivity contribution is 6.54. The van der Waals surface area contributed by atoms with E-state index in [-0.39, 0.29) is 5.71 Å². The van der Waals surface area contributed by atoms with Crippen LogP contribution in [0.5, 0.6) is 0 Å². The minimum Gasteiger partial charge on any atom is -0.323 e. The number of aldehydes is 1. The Morgan fingerprint density at radius 1 is 1.36 bits per heavy atom. The summed E-state index contributed by atoms with van der Waals surface area (Å²) in [6, 6.07) is 6.85. The van der Waals surface area contributed by atoms with Crippen molar-refractivity contribution in [3.63, 3.8) is 0 Å². The number of benzene rings is 1. The van der Waals surface area contributed by atoms with Crippen molar-refractivity contribution in [2.45, 2.75) is 0 Å². The van der Waals surface area contributed by atoms with Crippen LogP contribution in [0.1, 0.15) is 0 Å². The topological polar surface area (TPSA) is 67.8 Å². The van der Waals surface area contributed by atoms with E-state index in [0.717, 1.165) is 0 Å². The zero-order chi connectivity index (χ0) is 10.4. The lowest BCUT2D eigenvalue weighted by atomic mass is 10.3. The van der Waals surface area contributed by atoms with E-state index in [1.165, 1.54) is 6.21 Å². The van der Waals surface area contributed by atoms with Crippen molar-refractivity contribution < 1.29 is 4.79 Å². The number of hydrogen-bond donors (Lipinski definition) is 1. The second-order valence-corrected chi connectivity index (χ2v) is 2.84. The Morgan fingerprint density at radius 3 is 2.50 bits per heavy atom. The molecule has 0 fully saturated rings. The highest BCUT2D eigenvalue weighted by atomic mass is 35.5. The summed E-state index contributed by atoms with van der Waals surface area (Å²) in [4.78, 5) is 14.3. The first-order valence-electron chi connectivity index (χ1n) is 3.79. The minimum atomic E-state index is 0.0833. The molecule has 4 nitrogen and oxygen atoms in total. The fraction of sp³-hybridized carbons (Fsp3) is 0. The van der Waals surface area contributed by atoms with E-state index >= 15 is 0 Å². The molecule has 1 aromatic rings. The summed E-state index contributed by atoms with van der Waals surface area (Å²) in [7, 11) is 0. The van der Waals surface area contributed by atoms with E-state index in [4.69, 9.17) is 17.4 Å². The van der Waals surface area contributed by atoms with Gasteiger partial charge >= 0.3 is 0 Å². The summed E-state index contributed by atoms with van der Waals surface area (Å²) in [6.07, 6.45) is 1.82. The molecule has 0 aliphatic carbocycles. The van der Waals surface area contributed by atoms with Crippen LogP contribution in [0.3, 0.4) is 0 Å². The second kappa shape index (κ2) is 5.14. The van der Waals surface area contributed by atoms with Crippen LogP contribution in [-0.2, 0) is 4.79 Å². The molecule has 1 rings (SSSR count). The zero-order valence-corrected chi connectivity index (χ0v) is 7.98. The van der Waals surface area contributed by atoms with Crippen LogP contribution in [0, 0.1) is 0 Å². The Balaban J connectivity index is 2.78. The molecule has 0 amide bonds. The molecule has 72 valence electrons. The van der Waals surface area contributed by atoms with Crippen molar-refractivity contribution in [3.8, 4) is 0 Å². The Hall–Kier alpha value is -1.68. The van der Waals surface area contributed by atoms with Gasteiger partial charge in [0.25, 0.3) is 0 Å². The van der Waals surface area contributed by atoms with Crippen LogP contribution in [0.25, 0.3) is 0 Å². The van der Waals surface area contributed by atoms with Gasteiger partial charge in [-0.15, -0.1) is 0 Å². The van der Waals surface area contributed by atoms with E-state index in [1.807, 2.05) is 0 Å². The molecule has 0 radical (unpaired) electrons. The predicted molar refractivity (Wildman–Crippen MR) is 57.3 cm³/mol. The number of hydrogen-bond acceptors (Lipinski definition) is 4. The molecule has 0 unspecified atom stereocenters. The van der Waals surface area contributed by atoms with Gasteiger partial charge in [0.2, 0.25) is 0 Å². The maximum atomic E-state index is 10.3. The Labute approximate surface area is 86.1 Å². The largest absolute Gasteiger partial charge is 0.323 e. The molecule has 5 heteroatoms. The molecule has 14 heavy (non-hydrogen) atoms. The molecule has 0 aliphatic rings. The zero-order valence-electron chi connectivity index (χ0n) is 7.22. The van der Waals surface area contributed by atoms with Crippen LogP contribution in [0.2, 0.25) is 5.02 Å². The SMILES string of the molecule is NN=C(C=O)C=Nc1ccc(Cl)cc1. The summed E-state index contributed by atoms with van der Waals surface area (Å²) in [6.45, 7) is 0. The smallest absolute Gasteiger partial charge is 0.171 e. The highest BCUT2D eigenvalue weighted by Crippen LogP contribution is 2.15. The van der Waals surface area contributed by atoms with Gasteiger partial charge < -0.3 is 5.84 Å². The molecule has 0 aromatic heterocycles. The Bertz CT molecular complexity index is 370. The van der Waals surface area contributed by atoms with Crippen LogP contribution in [-0.4, -0.2) is 18.2 Å². The quantitative estimate of drug-likeness (QED) is 0.355. The molecule has 0 saturated heterocycles. The first-order chi connectivity index (χ1) is 6.76. The van der Waals surface area contributed by atoms with Crippen molar-refractivity contribution in [2.24, 2.45) is 15.9 Å². The average Bonchev–Trinajstić information content (AvgIpc) is 2.22. The molecule has 0 spiro atoms. The molecule has 0 atom stereocenters. The number of carbonyl (C=O) groups is 1. The lowest BCUT2D eigenvalue weighted by molar-refractivity contribution is -0.102.